The van der Waals surface area contributed by atoms with Gasteiger partial charge in [-0.2, -0.15) is 0 Å². The largest absolute Gasteiger partial charge is 0.320 e. The molecular weight excluding hydrogens is 244 g/mol. The van der Waals surface area contributed by atoms with Gasteiger partial charge in [-0.1, -0.05) is 24.3 Å². The number of pyridine rings is 1. The molecule has 0 atom stereocenters. The molecule has 0 aliphatic carbocycles. The number of amides is 1. The van der Waals surface area contributed by atoms with Crippen LogP contribution in [0.5, 0.6) is 0 Å². The van der Waals surface area contributed by atoms with Crippen molar-refractivity contribution in [3.8, 4) is 10.6 Å². The number of rotatable bonds is 3. The van der Waals surface area contributed by atoms with Crippen LogP contribution in [0.2, 0.25) is 0 Å². The Hall–Kier alpha value is -2.20. The summed E-state index contributed by atoms with van der Waals surface area (Å²) >= 11 is 1.51. The second kappa shape index (κ2) is 4.58. The van der Waals surface area contributed by atoms with E-state index in [1.807, 2.05) is 42.5 Å². The van der Waals surface area contributed by atoms with E-state index in [0.29, 0.717) is 6.41 Å². The molecule has 4 heteroatoms. The van der Waals surface area contributed by atoms with Crippen molar-refractivity contribution in [2.45, 2.75) is 0 Å². The van der Waals surface area contributed by atoms with Crippen LogP contribution in [0.3, 0.4) is 0 Å². The third-order valence-corrected chi connectivity index (χ3v) is 3.70. The predicted octanol–water partition coefficient (Wildman–Crippen LogP) is 3.53. The first-order chi connectivity index (χ1) is 8.86. The Morgan fingerprint density at radius 1 is 1.06 bits per heavy atom. The van der Waals surface area contributed by atoms with Crippen LogP contribution in [0.25, 0.3) is 21.5 Å². The summed E-state index contributed by atoms with van der Waals surface area (Å²) in [5, 5.41) is 4.60. The number of hydrogen-bond donors (Lipinski definition) is 1. The zero-order chi connectivity index (χ0) is 12.4. The topological polar surface area (TPSA) is 42.0 Å². The molecule has 0 saturated heterocycles. The molecule has 0 unspecified atom stereocenters. The number of hydrogen-bond acceptors (Lipinski definition) is 3. The van der Waals surface area contributed by atoms with Gasteiger partial charge in [0.15, 0.2) is 0 Å². The van der Waals surface area contributed by atoms with E-state index in [1.54, 1.807) is 0 Å². The zero-order valence-corrected chi connectivity index (χ0v) is 10.3. The normalized spacial score (nSPS) is 10.4. The number of nitrogens with one attached hydrogen (secondary N) is 1. The molecule has 0 aliphatic heterocycles. The van der Waals surface area contributed by atoms with Crippen LogP contribution < -0.4 is 5.32 Å². The Balaban J connectivity index is 2.04. The van der Waals surface area contributed by atoms with Crippen molar-refractivity contribution in [3.05, 3.63) is 48.5 Å². The number of aromatic nitrogens is 1. The summed E-state index contributed by atoms with van der Waals surface area (Å²) in [7, 11) is 0. The molecule has 0 bridgehead atoms. The molecule has 2 heterocycles. The van der Waals surface area contributed by atoms with Crippen LogP contribution in [0, 0.1) is 0 Å². The molecular formula is C14H10N2OS. The predicted molar refractivity (Wildman–Crippen MR) is 74.7 cm³/mol. The Labute approximate surface area is 108 Å². The molecule has 88 valence electrons. The van der Waals surface area contributed by atoms with E-state index >= 15 is 0 Å². The van der Waals surface area contributed by atoms with E-state index in [4.69, 9.17) is 0 Å². The van der Waals surface area contributed by atoms with Crippen LogP contribution >= 0.6 is 11.3 Å². The molecule has 1 aromatic carbocycles. The number of benzene rings is 1. The van der Waals surface area contributed by atoms with Crippen LogP contribution in [0.1, 0.15) is 0 Å². The highest BCUT2D eigenvalue weighted by molar-refractivity contribution is 7.19. The van der Waals surface area contributed by atoms with Gasteiger partial charge in [-0.25, -0.2) is 4.98 Å². The van der Waals surface area contributed by atoms with Gasteiger partial charge in [-0.05, 0) is 24.3 Å². The number of carbonyl (C=O) groups excluding carboxylic acids is 1. The molecule has 18 heavy (non-hydrogen) atoms. The van der Waals surface area contributed by atoms with Gasteiger partial charge in [0.05, 0.1) is 21.1 Å². The highest BCUT2D eigenvalue weighted by atomic mass is 32.1. The summed E-state index contributed by atoms with van der Waals surface area (Å²) in [5.74, 6) is 0. The van der Waals surface area contributed by atoms with E-state index in [9.17, 15) is 4.79 Å². The van der Waals surface area contributed by atoms with Crippen LogP contribution in [-0.2, 0) is 4.79 Å². The molecule has 0 spiro atoms. The Kier molecular flexibility index (Phi) is 2.78. The van der Waals surface area contributed by atoms with Crippen molar-refractivity contribution in [1.82, 2.24) is 4.98 Å². The van der Waals surface area contributed by atoms with Crippen LogP contribution in [-0.4, -0.2) is 11.4 Å². The maximum atomic E-state index is 10.4. The van der Waals surface area contributed by atoms with Gasteiger partial charge >= 0.3 is 0 Å². The molecule has 1 amide bonds. The average Bonchev–Trinajstić information content (AvgIpc) is 2.87. The number of para-hydroxylation sites is 1. The van der Waals surface area contributed by atoms with E-state index in [1.165, 1.54) is 11.3 Å². The summed E-state index contributed by atoms with van der Waals surface area (Å²) in [6.07, 6.45) is 0.684. The maximum absolute atomic E-state index is 10.4. The maximum Gasteiger partial charge on any atom is 0.212 e. The lowest BCUT2D eigenvalue weighted by molar-refractivity contribution is -0.105. The van der Waals surface area contributed by atoms with Crippen LogP contribution in [0.15, 0.2) is 48.5 Å². The van der Waals surface area contributed by atoms with Gasteiger partial charge in [0, 0.05) is 5.39 Å². The standard InChI is InChI=1S/C14H10N2OS/c17-9-15-14-8-7-13(18-14)12-6-5-10-3-1-2-4-11(10)16-12/h1-9H,(H,15,17). The molecule has 0 aliphatic rings. The average molecular weight is 254 g/mol. The summed E-state index contributed by atoms with van der Waals surface area (Å²) < 4.78 is 0. The first-order valence-electron chi connectivity index (χ1n) is 5.53. The summed E-state index contributed by atoms with van der Waals surface area (Å²) in [4.78, 5) is 16.0. The van der Waals surface area contributed by atoms with Crippen molar-refractivity contribution in [1.29, 1.82) is 0 Å². The molecule has 1 N–H and O–H groups in total. The molecule has 2 aromatic heterocycles. The van der Waals surface area contributed by atoms with Gasteiger partial charge < -0.3 is 5.32 Å². The molecule has 0 saturated carbocycles. The molecule has 3 rings (SSSR count). The Morgan fingerprint density at radius 2 is 1.94 bits per heavy atom. The lowest BCUT2D eigenvalue weighted by atomic mass is 10.2. The first kappa shape index (κ1) is 10.9. The SMILES string of the molecule is O=CNc1ccc(-c2ccc3ccccc3n2)s1. The summed E-state index contributed by atoms with van der Waals surface area (Å²) in [6, 6.07) is 15.9. The minimum Gasteiger partial charge on any atom is -0.320 e. The number of anilines is 1. The van der Waals surface area contributed by atoms with Crippen molar-refractivity contribution in [3.63, 3.8) is 0 Å². The fourth-order valence-corrected chi connectivity index (χ4v) is 2.65. The minimum absolute atomic E-state index is 0.684. The second-order valence-corrected chi connectivity index (χ2v) is 4.90. The quantitative estimate of drug-likeness (QED) is 0.726. The van der Waals surface area contributed by atoms with Crippen molar-refractivity contribution < 1.29 is 4.79 Å². The number of carbonyl (C=O) groups is 1. The van der Waals surface area contributed by atoms with Crippen LogP contribution in [0.4, 0.5) is 5.00 Å². The van der Waals surface area contributed by atoms with Gasteiger partial charge in [0.1, 0.15) is 0 Å². The highest BCUT2D eigenvalue weighted by Crippen LogP contribution is 2.30. The number of fused-ring (bicyclic) bond motifs is 1. The van der Waals surface area contributed by atoms with Gasteiger partial charge in [0.2, 0.25) is 6.41 Å². The number of thiophene rings is 1. The monoisotopic (exact) mass is 254 g/mol. The molecule has 3 aromatic rings. The smallest absolute Gasteiger partial charge is 0.212 e. The molecule has 3 nitrogen and oxygen atoms in total. The molecule has 0 fully saturated rings. The zero-order valence-electron chi connectivity index (χ0n) is 9.46. The van der Waals surface area contributed by atoms with E-state index in [-0.39, 0.29) is 0 Å². The second-order valence-electron chi connectivity index (χ2n) is 3.82. The third kappa shape index (κ3) is 1.98. The lowest BCUT2D eigenvalue weighted by Gasteiger charge is -2.00. The Bertz CT molecular complexity index is 706. The lowest BCUT2D eigenvalue weighted by Crippen LogP contribution is -1.88. The van der Waals surface area contributed by atoms with Crippen molar-refractivity contribution in [2.24, 2.45) is 0 Å². The fourth-order valence-electron chi connectivity index (χ4n) is 1.81. The van der Waals surface area contributed by atoms with Gasteiger partial charge in [0.25, 0.3) is 0 Å². The highest BCUT2D eigenvalue weighted by Gasteiger charge is 2.04. The summed E-state index contributed by atoms with van der Waals surface area (Å²) in [6.45, 7) is 0. The number of nitrogens with zero attached hydrogens (tertiary/aromatic N) is 1. The Morgan fingerprint density at radius 3 is 2.83 bits per heavy atom. The van der Waals surface area contributed by atoms with Crippen molar-refractivity contribution in [2.75, 3.05) is 5.32 Å². The van der Waals surface area contributed by atoms with Gasteiger partial charge in [-0.15, -0.1) is 11.3 Å². The van der Waals surface area contributed by atoms with E-state index in [2.05, 4.69) is 16.4 Å². The van der Waals surface area contributed by atoms with Gasteiger partial charge in [-0.3, -0.25) is 4.79 Å². The van der Waals surface area contributed by atoms with E-state index < -0.39 is 0 Å². The molecule has 0 radical (unpaired) electrons. The first-order valence-corrected chi connectivity index (χ1v) is 6.35. The summed E-state index contributed by atoms with van der Waals surface area (Å²) in [5.41, 5.74) is 1.91. The van der Waals surface area contributed by atoms with E-state index in [0.717, 1.165) is 26.5 Å². The third-order valence-electron chi connectivity index (χ3n) is 2.66. The van der Waals surface area contributed by atoms with Crippen molar-refractivity contribution >= 4 is 33.7 Å². The minimum atomic E-state index is 0.684. The fraction of sp³-hybridized carbons (Fsp3) is 0.